The lowest BCUT2D eigenvalue weighted by molar-refractivity contribution is -0.0509. The Balaban J connectivity index is 1.70. The second-order valence-corrected chi connectivity index (χ2v) is 9.19. The average molecular weight is 504 g/mol. The minimum atomic E-state index is -5.97. The van der Waals surface area contributed by atoms with Crippen molar-refractivity contribution < 1.29 is 44.1 Å². The summed E-state index contributed by atoms with van der Waals surface area (Å²) in [5.41, 5.74) is -4.43. The van der Waals surface area contributed by atoms with Gasteiger partial charge in [0, 0.05) is 35.7 Å². The number of hydrogen-bond donors (Lipinski definition) is 0. The lowest BCUT2D eigenvalue weighted by Gasteiger charge is -2.23. The lowest BCUT2D eigenvalue weighted by atomic mass is 9.89. The summed E-state index contributed by atoms with van der Waals surface area (Å²) in [6.45, 7) is -3.17. The van der Waals surface area contributed by atoms with Gasteiger partial charge >= 0.3 is 22.2 Å². The summed E-state index contributed by atoms with van der Waals surface area (Å²) in [5, 5.41) is 4.36. The molecule has 180 valence electrons. The Kier molecular flexibility index (Phi) is 4.76. The summed E-state index contributed by atoms with van der Waals surface area (Å²) < 4.78 is 97.2. The first kappa shape index (κ1) is 22.3. The summed E-state index contributed by atoms with van der Waals surface area (Å²) in [7, 11) is -4.46. The van der Waals surface area contributed by atoms with Crippen molar-refractivity contribution in [1.82, 2.24) is 19.5 Å². The molecule has 15 heteroatoms. The molecule has 0 saturated carbocycles. The number of carbonyl (C=O) groups excluding carboxylic acids is 1. The van der Waals surface area contributed by atoms with E-state index in [9.17, 15) is 35.2 Å². The number of alkyl halides is 5. The third-order valence-electron chi connectivity index (χ3n) is 5.82. The normalized spacial score (nSPS) is 19.9. The number of benzene rings is 1. The second-order valence-electron chi connectivity index (χ2n) is 7.66. The van der Waals surface area contributed by atoms with Gasteiger partial charge in [0.05, 0.1) is 17.3 Å². The maximum Gasteiger partial charge on any atom is 0.534 e. The minimum absolute atomic E-state index is 0.128. The minimum Gasteiger partial charge on any atom is -0.434 e. The van der Waals surface area contributed by atoms with Gasteiger partial charge in [-0.3, -0.25) is 4.79 Å². The highest BCUT2D eigenvalue weighted by Crippen LogP contribution is 2.53. The zero-order chi connectivity index (χ0) is 24.6. The van der Waals surface area contributed by atoms with Crippen molar-refractivity contribution in [2.24, 2.45) is 0 Å². The van der Waals surface area contributed by atoms with Crippen LogP contribution in [0.15, 0.2) is 30.6 Å². The highest BCUT2D eigenvalue weighted by molar-refractivity contribution is 7.87. The zero-order valence-electron chi connectivity index (χ0n) is 17.0. The van der Waals surface area contributed by atoms with Crippen LogP contribution < -0.4 is 8.92 Å². The molecule has 1 aromatic carbocycles. The monoisotopic (exact) mass is 504 g/mol. The van der Waals surface area contributed by atoms with E-state index in [1.54, 1.807) is 0 Å². The lowest BCUT2D eigenvalue weighted by Crippen LogP contribution is -2.30. The maximum absolute atomic E-state index is 13.1. The fourth-order valence-electron chi connectivity index (χ4n) is 4.46. The van der Waals surface area contributed by atoms with Crippen LogP contribution in [0.5, 0.6) is 11.6 Å². The van der Waals surface area contributed by atoms with Crippen molar-refractivity contribution in [3.05, 3.63) is 53.0 Å². The van der Waals surface area contributed by atoms with Gasteiger partial charge in [0.15, 0.2) is 0 Å². The summed E-state index contributed by atoms with van der Waals surface area (Å²) in [6.07, 6.45) is 1.21. The first-order valence-electron chi connectivity index (χ1n) is 9.63. The Bertz CT molecular complexity index is 1440. The van der Waals surface area contributed by atoms with E-state index in [2.05, 4.69) is 19.0 Å². The topological polar surface area (TPSA) is 103 Å². The number of rotatable bonds is 4. The van der Waals surface area contributed by atoms with Crippen LogP contribution in [0.2, 0.25) is 0 Å². The number of hydrogen-bond acceptors (Lipinski definition) is 7. The van der Waals surface area contributed by atoms with E-state index in [-0.39, 0.29) is 28.8 Å². The molecule has 0 fully saturated rings. The Labute approximate surface area is 187 Å². The van der Waals surface area contributed by atoms with Gasteiger partial charge < -0.3 is 13.8 Å². The predicted molar refractivity (Wildman–Crippen MR) is 103 cm³/mol. The Morgan fingerprint density at radius 3 is 2.62 bits per heavy atom. The van der Waals surface area contributed by atoms with Gasteiger partial charge in [-0.15, -0.1) is 0 Å². The molecule has 0 saturated heterocycles. The first-order chi connectivity index (χ1) is 15.9. The molecule has 0 spiro atoms. The van der Waals surface area contributed by atoms with E-state index in [1.807, 2.05) is 0 Å². The van der Waals surface area contributed by atoms with E-state index >= 15 is 0 Å². The third-order valence-corrected chi connectivity index (χ3v) is 6.78. The van der Waals surface area contributed by atoms with Gasteiger partial charge in [-0.1, -0.05) is 6.07 Å². The molecule has 0 radical (unpaired) electrons. The molecule has 34 heavy (non-hydrogen) atoms. The third kappa shape index (κ3) is 3.25. The number of halogens is 5. The van der Waals surface area contributed by atoms with Gasteiger partial charge in [-0.25, -0.2) is 9.50 Å². The van der Waals surface area contributed by atoms with Crippen LogP contribution in [0.4, 0.5) is 22.0 Å². The van der Waals surface area contributed by atoms with Crippen LogP contribution >= 0.6 is 0 Å². The molecule has 2 unspecified atom stereocenters. The van der Waals surface area contributed by atoms with Gasteiger partial charge in [-0.2, -0.15) is 35.5 Å². The van der Waals surface area contributed by atoms with Crippen molar-refractivity contribution in [3.63, 3.8) is 0 Å². The number of fused-ring (bicyclic) bond motifs is 9. The standard InChI is InChI=1S/C19H13F5N4O5S/c1-27-11-5-9(14-8(17(27)29)3-2-4-12(14)32-18(20)21)15-10-6-13(25-7-28(10)26-16(11)15)33-34(30,31)19(22,23)24/h2-4,6-7,9,11,18H,5H2,1H3. The van der Waals surface area contributed by atoms with Crippen LogP contribution in [-0.2, 0) is 10.1 Å². The SMILES string of the molecule is CN1C(=O)c2cccc(OC(F)F)c2C2CC1c1nn3cnc(OS(=O)(=O)C(F)(F)F)cc3c12. The van der Waals surface area contributed by atoms with Crippen LogP contribution in [0, 0.1) is 0 Å². The smallest absolute Gasteiger partial charge is 0.434 e. The summed E-state index contributed by atoms with van der Waals surface area (Å²) >= 11 is 0. The fourth-order valence-corrected chi connectivity index (χ4v) is 4.87. The molecule has 3 heterocycles. The van der Waals surface area contributed by atoms with Gasteiger partial charge in [0.1, 0.15) is 12.1 Å². The highest BCUT2D eigenvalue weighted by atomic mass is 32.2. The molecule has 5 rings (SSSR count). The number of aromatic nitrogens is 3. The second kappa shape index (κ2) is 7.25. The number of amides is 1. The molecule has 2 bridgehead atoms. The molecule has 3 aromatic rings. The van der Waals surface area contributed by atoms with E-state index in [0.29, 0.717) is 11.3 Å². The Morgan fingerprint density at radius 2 is 1.94 bits per heavy atom. The summed E-state index contributed by atoms with van der Waals surface area (Å²) in [6, 6.07) is 4.53. The fraction of sp³-hybridized carbons (Fsp3) is 0.316. The number of ether oxygens (including phenoxy) is 1. The van der Waals surface area contributed by atoms with Crippen LogP contribution in [0.3, 0.4) is 0 Å². The van der Waals surface area contributed by atoms with E-state index in [0.717, 1.165) is 12.4 Å². The summed E-state index contributed by atoms with van der Waals surface area (Å²) in [5.74, 6) is -2.22. The molecule has 2 atom stereocenters. The quantitative estimate of drug-likeness (QED) is 0.305. The van der Waals surface area contributed by atoms with Crippen molar-refractivity contribution in [2.75, 3.05) is 7.05 Å². The molecule has 2 aromatic heterocycles. The first-order valence-corrected chi connectivity index (χ1v) is 11.0. The Hall–Kier alpha value is -3.49. The number of nitrogens with zero attached hydrogens (tertiary/aromatic N) is 4. The molecule has 1 aliphatic heterocycles. The van der Waals surface area contributed by atoms with E-state index in [4.69, 9.17) is 0 Å². The molecule has 0 N–H and O–H groups in total. The van der Waals surface area contributed by atoms with Crippen molar-refractivity contribution in [1.29, 1.82) is 0 Å². The van der Waals surface area contributed by atoms with Gasteiger partial charge in [0.2, 0.25) is 5.88 Å². The molecular formula is C19H13F5N4O5S. The predicted octanol–water partition coefficient (Wildman–Crippen LogP) is 3.22. The maximum atomic E-state index is 13.1. The van der Waals surface area contributed by atoms with Crippen molar-refractivity contribution in [3.8, 4) is 11.6 Å². The molecular weight excluding hydrogens is 491 g/mol. The van der Waals surface area contributed by atoms with Gasteiger partial charge in [0.25, 0.3) is 5.91 Å². The highest BCUT2D eigenvalue weighted by Gasteiger charge is 2.49. The van der Waals surface area contributed by atoms with Crippen molar-refractivity contribution >= 4 is 21.5 Å². The zero-order valence-corrected chi connectivity index (χ0v) is 17.8. The number of carbonyl (C=O) groups is 1. The molecule has 1 aliphatic carbocycles. The van der Waals surface area contributed by atoms with Crippen LogP contribution in [-0.4, -0.2) is 53.0 Å². The van der Waals surface area contributed by atoms with Gasteiger partial charge in [-0.05, 0) is 18.6 Å². The summed E-state index contributed by atoms with van der Waals surface area (Å²) in [4.78, 5) is 18.0. The molecule has 1 amide bonds. The van der Waals surface area contributed by atoms with E-state index < -0.39 is 46.0 Å². The van der Waals surface area contributed by atoms with Crippen LogP contribution in [0.1, 0.15) is 45.6 Å². The largest absolute Gasteiger partial charge is 0.534 e. The van der Waals surface area contributed by atoms with Crippen LogP contribution in [0.25, 0.3) is 5.52 Å². The van der Waals surface area contributed by atoms with E-state index in [1.165, 1.54) is 34.7 Å². The molecule has 9 nitrogen and oxygen atoms in total. The average Bonchev–Trinajstić information content (AvgIpc) is 3.25. The van der Waals surface area contributed by atoms with Crippen molar-refractivity contribution in [2.45, 2.75) is 30.5 Å². The Morgan fingerprint density at radius 1 is 1.21 bits per heavy atom. The molecule has 2 aliphatic rings.